The van der Waals surface area contributed by atoms with Crippen LogP contribution in [0, 0.1) is 0 Å². The Morgan fingerprint density at radius 2 is 2.00 bits per heavy atom. The van der Waals surface area contributed by atoms with Crippen LogP contribution in [0.5, 0.6) is 0 Å². The summed E-state index contributed by atoms with van der Waals surface area (Å²) in [5.74, 6) is -1.33. The molecular formula is C17H19N3O4. The summed E-state index contributed by atoms with van der Waals surface area (Å²) in [6.45, 7) is 1.50. The number of hydrogen-bond acceptors (Lipinski definition) is 5. The van der Waals surface area contributed by atoms with Crippen molar-refractivity contribution in [2.24, 2.45) is 5.10 Å². The number of fused-ring (bicyclic) bond motifs is 1. The molecule has 0 saturated heterocycles. The molecule has 0 unspecified atom stereocenters. The number of carbonyl (C=O) groups is 3. The lowest BCUT2D eigenvalue weighted by atomic mass is 10.1. The van der Waals surface area contributed by atoms with E-state index in [4.69, 9.17) is 4.74 Å². The zero-order valence-electron chi connectivity index (χ0n) is 13.4. The second kappa shape index (κ2) is 6.82. The summed E-state index contributed by atoms with van der Waals surface area (Å²) < 4.78 is 5.12. The molecule has 1 atom stereocenters. The van der Waals surface area contributed by atoms with Crippen LogP contribution in [0.4, 0.5) is 5.69 Å². The fourth-order valence-electron chi connectivity index (χ4n) is 2.80. The van der Waals surface area contributed by atoms with Gasteiger partial charge in [-0.1, -0.05) is 6.07 Å². The van der Waals surface area contributed by atoms with Crippen LogP contribution in [0.15, 0.2) is 23.3 Å². The van der Waals surface area contributed by atoms with E-state index in [0.717, 1.165) is 19.3 Å². The second-order valence-electron chi connectivity index (χ2n) is 5.97. The molecule has 1 heterocycles. The highest BCUT2D eigenvalue weighted by Gasteiger charge is 2.24. The van der Waals surface area contributed by atoms with Gasteiger partial charge < -0.3 is 10.1 Å². The van der Waals surface area contributed by atoms with Gasteiger partial charge in [0.25, 0.3) is 5.91 Å². The topological polar surface area (TPSA) is 96.9 Å². The van der Waals surface area contributed by atoms with Crippen molar-refractivity contribution >= 4 is 29.2 Å². The summed E-state index contributed by atoms with van der Waals surface area (Å²) >= 11 is 0. The molecule has 7 nitrogen and oxygen atoms in total. The number of rotatable bonds is 4. The number of nitrogens with zero attached hydrogens (tertiary/aromatic N) is 1. The molecule has 2 amide bonds. The minimum Gasteiger partial charge on any atom is -0.448 e. The van der Waals surface area contributed by atoms with Crippen molar-refractivity contribution in [3.63, 3.8) is 0 Å². The molecule has 0 fully saturated rings. The van der Waals surface area contributed by atoms with Crippen LogP contribution in [-0.2, 0) is 32.0 Å². The van der Waals surface area contributed by atoms with Crippen molar-refractivity contribution in [3.8, 4) is 0 Å². The standard InChI is InChI=1S/C17H19N3O4/c1-10(24-17(23)14-7-8-15(21)20-19-14)16(22)18-13-6-5-11-3-2-4-12(11)9-13/h5-6,9-10H,2-4,7-8H2,1H3,(H,18,22)(H,20,21)/t10-/m0/s1. The normalized spacial score (nSPS) is 17.4. The van der Waals surface area contributed by atoms with E-state index in [0.29, 0.717) is 5.69 Å². The Morgan fingerprint density at radius 3 is 2.75 bits per heavy atom. The first kappa shape index (κ1) is 16.2. The summed E-state index contributed by atoms with van der Waals surface area (Å²) in [4.78, 5) is 35.1. The number of carbonyl (C=O) groups excluding carboxylic acids is 3. The molecule has 0 aromatic heterocycles. The minimum atomic E-state index is -0.953. The lowest BCUT2D eigenvalue weighted by molar-refractivity contribution is -0.146. The maximum atomic E-state index is 12.2. The van der Waals surface area contributed by atoms with Crippen LogP contribution in [0.1, 0.15) is 37.3 Å². The van der Waals surface area contributed by atoms with E-state index < -0.39 is 18.0 Å². The molecule has 3 rings (SSSR count). The third-order valence-corrected chi connectivity index (χ3v) is 4.16. The Morgan fingerprint density at radius 1 is 1.21 bits per heavy atom. The molecule has 126 valence electrons. The summed E-state index contributed by atoms with van der Waals surface area (Å²) in [7, 11) is 0. The summed E-state index contributed by atoms with van der Waals surface area (Å²) in [6, 6.07) is 5.85. The molecule has 7 heteroatoms. The van der Waals surface area contributed by atoms with Gasteiger partial charge in [0.2, 0.25) is 5.91 Å². The number of esters is 1. The van der Waals surface area contributed by atoms with Gasteiger partial charge in [-0.2, -0.15) is 5.10 Å². The van der Waals surface area contributed by atoms with Crippen molar-refractivity contribution in [2.45, 2.75) is 45.1 Å². The predicted octanol–water partition coefficient (Wildman–Crippen LogP) is 1.31. The number of ether oxygens (including phenoxy) is 1. The van der Waals surface area contributed by atoms with E-state index in [1.165, 1.54) is 18.1 Å². The number of benzene rings is 1. The van der Waals surface area contributed by atoms with Crippen molar-refractivity contribution in [1.29, 1.82) is 0 Å². The number of nitrogens with one attached hydrogen (secondary N) is 2. The molecule has 0 saturated carbocycles. The highest BCUT2D eigenvalue weighted by molar-refractivity contribution is 6.37. The van der Waals surface area contributed by atoms with Gasteiger partial charge in [0, 0.05) is 18.5 Å². The van der Waals surface area contributed by atoms with Gasteiger partial charge in [-0.3, -0.25) is 9.59 Å². The molecule has 1 aromatic rings. The van der Waals surface area contributed by atoms with E-state index in [1.54, 1.807) is 0 Å². The largest absolute Gasteiger partial charge is 0.448 e. The summed E-state index contributed by atoms with van der Waals surface area (Å²) in [5, 5.41) is 6.42. The fourth-order valence-corrected chi connectivity index (χ4v) is 2.80. The van der Waals surface area contributed by atoms with Gasteiger partial charge in [-0.05, 0) is 49.4 Å². The van der Waals surface area contributed by atoms with Crippen molar-refractivity contribution in [1.82, 2.24) is 5.43 Å². The first-order valence-electron chi connectivity index (χ1n) is 8.02. The van der Waals surface area contributed by atoms with Crippen LogP contribution in [0.2, 0.25) is 0 Å². The van der Waals surface area contributed by atoms with Crippen LogP contribution < -0.4 is 10.7 Å². The average molecular weight is 329 g/mol. The molecule has 2 N–H and O–H groups in total. The fraction of sp³-hybridized carbons (Fsp3) is 0.412. The lowest BCUT2D eigenvalue weighted by Crippen LogP contribution is -2.35. The van der Waals surface area contributed by atoms with E-state index in [9.17, 15) is 14.4 Å². The molecule has 1 aliphatic carbocycles. The van der Waals surface area contributed by atoms with Crippen LogP contribution in [0.3, 0.4) is 0 Å². The van der Waals surface area contributed by atoms with Crippen LogP contribution in [0.25, 0.3) is 0 Å². The van der Waals surface area contributed by atoms with Crippen LogP contribution >= 0.6 is 0 Å². The molecule has 1 aliphatic heterocycles. The summed E-state index contributed by atoms with van der Waals surface area (Å²) in [5.41, 5.74) is 5.62. The van der Waals surface area contributed by atoms with E-state index in [1.807, 2.05) is 18.2 Å². The third kappa shape index (κ3) is 3.61. The average Bonchev–Trinajstić information content (AvgIpc) is 3.03. The van der Waals surface area contributed by atoms with Gasteiger partial charge in [-0.25, -0.2) is 10.2 Å². The number of hydrogen-bond donors (Lipinski definition) is 2. The van der Waals surface area contributed by atoms with Crippen molar-refractivity contribution in [3.05, 3.63) is 29.3 Å². The minimum absolute atomic E-state index is 0.117. The first-order valence-corrected chi connectivity index (χ1v) is 8.02. The van der Waals surface area contributed by atoms with Crippen molar-refractivity contribution < 1.29 is 19.1 Å². The van der Waals surface area contributed by atoms with Gasteiger partial charge in [-0.15, -0.1) is 0 Å². The van der Waals surface area contributed by atoms with Gasteiger partial charge in [0.05, 0.1) is 0 Å². The molecular weight excluding hydrogens is 310 g/mol. The first-order chi connectivity index (χ1) is 11.5. The highest BCUT2D eigenvalue weighted by Crippen LogP contribution is 2.25. The van der Waals surface area contributed by atoms with Gasteiger partial charge in [0.15, 0.2) is 6.10 Å². The number of aryl methyl sites for hydroxylation is 2. The molecule has 0 radical (unpaired) electrons. The Kier molecular flexibility index (Phi) is 4.59. The zero-order valence-corrected chi connectivity index (χ0v) is 13.4. The monoisotopic (exact) mass is 329 g/mol. The Hall–Kier alpha value is -2.70. The molecule has 2 aliphatic rings. The molecule has 0 spiro atoms. The molecule has 1 aromatic carbocycles. The smallest absolute Gasteiger partial charge is 0.355 e. The van der Waals surface area contributed by atoms with E-state index in [-0.39, 0.29) is 24.5 Å². The Balaban J connectivity index is 1.57. The Bertz CT molecular complexity index is 727. The third-order valence-electron chi connectivity index (χ3n) is 4.16. The quantitative estimate of drug-likeness (QED) is 0.814. The van der Waals surface area contributed by atoms with E-state index >= 15 is 0 Å². The second-order valence-corrected chi connectivity index (χ2v) is 5.97. The van der Waals surface area contributed by atoms with Crippen molar-refractivity contribution in [2.75, 3.05) is 5.32 Å². The zero-order chi connectivity index (χ0) is 17.1. The number of anilines is 1. The highest BCUT2D eigenvalue weighted by atomic mass is 16.5. The van der Waals surface area contributed by atoms with Gasteiger partial charge in [0.1, 0.15) is 5.71 Å². The van der Waals surface area contributed by atoms with E-state index in [2.05, 4.69) is 15.8 Å². The number of amides is 2. The maximum absolute atomic E-state index is 12.2. The SMILES string of the molecule is C[C@H](OC(=O)C1=NNC(=O)CC1)C(=O)Nc1ccc2c(c1)CCC2. The maximum Gasteiger partial charge on any atom is 0.355 e. The van der Waals surface area contributed by atoms with Crippen LogP contribution in [-0.4, -0.2) is 29.6 Å². The van der Waals surface area contributed by atoms with Gasteiger partial charge >= 0.3 is 5.97 Å². The number of hydrazone groups is 1. The summed E-state index contributed by atoms with van der Waals surface area (Å²) in [6.07, 6.45) is 2.68. The molecule has 0 bridgehead atoms. The Labute approximate surface area is 139 Å². The predicted molar refractivity (Wildman–Crippen MR) is 87.5 cm³/mol. The molecule has 24 heavy (non-hydrogen) atoms. The lowest BCUT2D eigenvalue weighted by Gasteiger charge is -2.16.